The summed E-state index contributed by atoms with van der Waals surface area (Å²) in [6.45, 7) is 12.2. The van der Waals surface area contributed by atoms with E-state index in [2.05, 4.69) is 33.5 Å². The number of likely N-dealkylation sites (N-methyl/N-ethyl adjacent to an activating group) is 1. The van der Waals surface area contributed by atoms with Crippen molar-refractivity contribution in [2.24, 2.45) is 9.98 Å². The van der Waals surface area contributed by atoms with Crippen LogP contribution >= 0.6 is 0 Å². The lowest BCUT2D eigenvalue weighted by atomic mass is 10.0. The molecule has 2 saturated heterocycles. The van der Waals surface area contributed by atoms with E-state index in [1.54, 1.807) is 0 Å². The molecule has 3 rings (SSSR count). The van der Waals surface area contributed by atoms with Crippen molar-refractivity contribution < 1.29 is 14.6 Å². The summed E-state index contributed by atoms with van der Waals surface area (Å²) in [6.07, 6.45) is 2.51. The topological polar surface area (TPSA) is 81.0 Å². The van der Waals surface area contributed by atoms with Crippen molar-refractivity contribution in [3.05, 3.63) is 11.3 Å². The Bertz CT molecular complexity index is 668. The Balaban J connectivity index is 1.80. The summed E-state index contributed by atoms with van der Waals surface area (Å²) in [7, 11) is 2.06. The van der Waals surface area contributed by atoms with Crippen LogP contribution in [-0.2, 0) is 4.74 Å². The SMILES string of the molecule is C=NC1=C(/C(=N\CO)N2CC3CCC(C2)N3C(=O)OC(C)(C)C)CCN(C)C1. The number of ether oxygens (including phenoxy) is 1. The Morgan fingerprint density at radius 3 is 2.46 bits per heavy atom. The van der Waals surface area contributed by atoms with Gasteiger partial charge in [0, 0.05) is 31.8 Å². The highest BCUT2D eigenvalue weighted by molar-refractivity contribution is 5.99. The van der Waals surface area contributed by atoms with Crippen molar-refractivity contribution in [3.63, 3.8) is 0 Å². The summed E-state index contributed by atoms with van der Waals surface area (Å²) in [5.74, 6) is 0.804. The molecule has 2 atom stereocenters. The fourth-order valence-corrected chi connectivity index (χ4v) is 4.41. The quantitative estimate of drug-likeness (QED) is 0.585. The summed E-state index contributed by atoms with van der Waals surface area (Å²) in [5, 5.41) is 9.55. The van der Waals surface area contributed by atoms with E-state index in [1.807, 2.05) is 25.7 Å². The average molecular weight is 392 g/mol. The molecule has 2 fully saturated rings. The maximum Gasteiger partial charge on any atom is 0.410 e. The van der Waals surface area contributed by atoms with Crippen LogP contribution in [0.4, 0.5) is 4.79 Å². The number of carbonyl (C=O) groups is 1. The highest BCUT2D eigenvalue weighted by atomic mass is 16.6. The Morgan fingerprint density at radius 2 is 1.93 bits per heavy atom. The highest BCUT2D eigenvalue weighted by Crippen LogP contribution is 2.33. The lowest BCUT2D eigenvalue weighted by molar-refractivity contribution is 0.00273. The van der Waals surface area contributed by atoms with Crippen LogP contribution in [0.1, 0.15) is 40.0 Å². The van der Waals surface area contributed by atoms with E-state index >= 15 is 0 Å². The van der Waals surface area contributed by atoms with Gasteiger partial charge in [-0.15, -0.1) is 0 Å². The fourth-order valence-electron chi connectivity index (χ4n) is 4.41. The average Bonchev–Trinajstić information content (AvgIpc) is 2.89. The number of aliphatic hydroxyl groups excluding tert-OH is 1. The first-order valence-corrected chi connectivity index (χ1v) is 10.0. The third-order valence-corrected chi connectivity index (χ3v) is 5.58. The van der Waals surface area contributed by atoms with Crippen LogP contribution in [0.25, 0.3) is 0 Å². The fraction of sp³-hybridized carbons (Fsp3) is 0.750. The molecule has 1 amide bonds. The van der Waals surface area contributed by atoms with Gasteiger partial charge in [-0.25, -0.2) is 9.79 Å². The molecule has 0 aromatic carbocycles. The smallest absolute Gasteiger partial charge is 0.410 e. The van der Waals surface area contributed by atoms with Crippen LogP contribution in [0.3, 0.4) is 0 Å². The molecule has 28 heavy (non-hydrogen) atoms. The number of amides is 1. The van der Waals surface area contributed by atoms with Gasteiger partial charge in [0.2, 0.25) is 0 Å². The third kappa shape index (κ3) is 4.38. The molecule has 8 nitrogen and oxygen atoms in total. The minimum absolute atomic E-state index is 0.101. The molecule has 2 unspecified atom stereocenters. The van der Waals surface area contributed by atoms with Gasteiger partial charge in [-0.2, -0.15) is 0 Å². The van der Waals surface area contributed by atoms with E-state index in [9.17, 15) is 9.90 Å². The molecule has 0 aromatic heterocycles. The van der Waals surface area contributed by atoms with Gasteiger partial charge in [-0.05, 0) is 53.8 Å². The largest absolute Gasteiger partial charge is 0.444 e. The van der Waals surface area contributed by atoms with Gasteiger partial charge >= 0.3 is 6.09 Å². The number of rotatable bonds is 3. The van der Waals surface area contributed by atoms with Crippen molar-refractivity contribution in [2.45, 2.75) is 57.7 Å². The number of aliphatic imine (C=N–C) groups is 2. The van der Waals surface area contributed by atoms with Gasteiger partial charge in [0.25, 0.3) is 0 Å². The summed E-state index contributed by atoms with van der Waals surface area (Å²) >= 11 is 0. The number of fused-ring (bicyclic) bond motifs is 2. The highest BCUT2D eigenvalue weighted by Gasteiger charge is 2.45. The van der Waals surface area contributed by atoms with E-state index in [1.165, 1.54) is 0 Å². The first-order valence-electron chi connectivity index (χ1n) is 10.0. The van der Waals surface area contributed by atoms with Gasteiger partial charge in [0.1, 0.15) is 18.2 Å². The van der Waals surface area contributed by atoms with Crippen molar-refractivity contribution in [1.29, 1.82) is 0 Å². The van der Waals surface area contributed by atoms with E-state index in [-0.39, 0.29) is 24.9 Å². The molecule has 8 heteroatoms. The van der Waals surface area contributed by atoms with E-state index in [4.69, 9.17) is 4.74 Å². The first kappa shape index (κ1) is 20.8. The minimum atomic E-state index is -0.499. The maximum atomic E-state index is 12.7. The predicted molar refractivity (Wildman–Crippen MR) is 110 cm³/mol. The molecule has 0 radical (unpaired) electrons. The normalized spacial score (nSPS) is 26.7. The number of piperazine rings is 1. The van der Waals surface area contributed by atoms with Crippen LogP contribution < -0.4 is 0 Å². The Kier molecular flexibility index (Phi) is 6.09. The number of aliphatic hydroxyl groups is 1. The maximum absolute atomic E-state index is 12.7. The van der Waals surface area contributed by atoms with Crippen LogP contribution in [0.5, 0.6) is 0 Å². The van der Waals surface area contributed by atoms with Gasteiger partial charge in [-0.1, -0.05) is 0 Å². The summed E-state index contributed by atoms with van der Waals surface area (Å²) < 4.78 is 5.62. The lowest BCUT2D eigenvalue weighted by Crippen LogP contribution is -2.58. The molecular formula is C20H33N5O3. The summed E-state index contributed by atoms with van der Waals surface area (Å²) in [4.78, 5) is 27.7. The summed E-state index contributed by atoms with van der Waals surface area (Å²) in [6, 6.07) is 0.203. The van der Waals surface area contributed by atoms with Crippen molar-refractivity contribution in [3.8, 4) is 0 Å². The molecule has 0 saturated carbocycles. The Labute approximate surface area is 167 Å². The number of nitrogens with zero attached hydrogens (tertiary/aromatic N) is 5. The van der Waals surface area contributed by atoms with Crippen LogP contribution in [0, 0.1) is 0 Å². The molecule has 2 bridgehead atoms. The van der Waals surface area contributed by atoms with Gasteiger partial charge < -0.3 is 19.6 Å². The zero-order valence-corrected chi connectivity index (χ0v) is 17.5. The first-order chi connectivity index (χ1) is 13.2. The second kappa shape index (κ2) is 8.21. The van der Waals surface area contributed by atoms with Crippen LogP contribution in [-0.4, -0.2) is 96.1 Å². The third-order valence-electron chi connectivity index (χ3n) is 5.58. The molecule has 3 aliphatic rings. The lowest BCUT2D eigenvalue weighted by Gasteiger charge is -2.43. The van der Waals surface area contributed by atoms with Gasteiger partial charge in [0.15, 0.2) is 0 Å². The predicted octanol–water partition coefficient (Wildman–Crippen LogP) is 1.71. The summed E-state index contributed by atoms with van der Waals surface area (Å²) in [5.41, 5.74) is 1.48. The number of likely N-dealkylation sites (tertiary alicyclic amines) is 1. The van der Waals surface area contributed by atoms with Gasteiger partial charge in [-0.3, -0.25) is 9.89 Å². The Morgan fingerprint density at radius 1 is 1.29 bits per heavy atom. The molecule has 3 heterocycles. The van der Waals surface area contributed by atoms with Crippen molar-refractivity contribution in [2.75, 3.05) is 40.0 Å². The molecule has 156 valence electrons. The molecular weight excluding hydrogens is 358 g/mol. The Hall–Kier alpha value is -1.93. The monoisotopic (exact) mass is 391 g/mol. The molecule has 1 N–H and O–H groups in total. The van der Waals surface area contributed by atoms with E-state index < -0.39 is 5.60 Å². The zero-order chi connectivity index (χ0) is 20.5. The van der Waals surface area contributed by atoms with Crippen molar-refractivity contribution in [1.82, 2.24) is 14.7 Å². The molecule has 3 aliphatic heterocycles. The minimum Gasteiger partial charge on any atom is -0.444 e. The molecule has 0 aliphatic carbocycles. The van der Waals surface area contributed by atoms with E-state index in [0.29, 0.717) is 13.1 Å². The van der Waals surface area contributed by atoms with Crippen LogP contribution in [0.2, 0.25) is 0 Å². The van der Waals surface area contributed by atoms with Crippen molar-refractivity contribution >= 4 is 18.6 Å². The van der Waals surface area contributed by atoms with Crippen LogP contribution in [0.15, 0.2) is 21.3 Å². The number of carbonyl (C=O) groups excluding carboxylic acids is 1. The second-order valence-electron chi connectivity index (χ2n) is 8.87. The second-order valence-corrected chi connectivity index (χ2v) is 8.87. The number of amidine groups is 1. The zero-order valence-electron chi connectivity index (χ0n) is 17.5. The van der Waals surface area contributed by atoms with E-state index in [0.717, 1.165) is 49.5 Å². The standard InChI is InChI=1S/C20H33N5O3/c1-20(2,3)28-19(27)25-14-6-7-15(25)11-24(10-14)18(22-13-26)16-8-9-23(5)12-17(16)21-4/h14-15,26H,4,6-13H2,1-3,5H3/b22-18+. The van der Waals surface area contributed by atoms with Gasteiger partial charge in [0.05, 0.1) is 17.8 Å². The molecule has 0 aromatic rings. The number of hydrogen-bond donors (Lipinski definition) is 1. The molecule has 0 spiro atoms. The number of hydrogen-bond acceptors (Lipinski definition) is 6.